The lowest BCUT2D eigenvalue weighted by atomic mass is 9.76. The Morgan fingerprint density at radius 1 is 0.492 bits per heavy atom. The fourth-order valence-electron chi connectivity index (χ4n) is 10.3. The maximum absolute atomic E-state index is 5.14. The van der Waals surface area contributed by atoms with Crippen LogP contribution in [0.25, 0.3) is 54.9 Å². The zero-order valence-electron chi connectivity index (χ0n) is 32.7. The van der Waals surface area contributed by atoms with Gasteiger partial charge in [-0.25, -0.2) is 9.97 Å². The van der Waals surface area contributed by atoms with Crippen molar-refractivity contribution >= 4 is 89.8 Å². The molecule has 5 heterocycles. The van der Waals surface area contributed by atoms with E-state index in [1.54, 1.807) is 0 Å². The molecule has 0 saturated heterocycles. The molecule has 0 saturated carbocycles. The average Bonchev–Trinajstić information content (AvgIpc) is 3.92. The Balaban J connectivity index is 1.16. The Morgan fingerprint density at radius 2 is 1.19 bits per heavy atom. The normalized spacial score (nSPS) is 13.7. The van der Waals surface area contributed by atoms with Gasteiger partial charge in [0.1, 0.15) is 11.3 Å². The minimum absolute atomic E-state index is 0.197. The van der Waals surface area contributed by atoms with Crippen LogP contribution >= 0.6 is 11.8 Å². The van der Waals surface area contributed by atoms with Crippen LogP contribution in [0.3, 0.4) is 0 Å². The van der Waals surface area contributed by atoms with Crippen molar-refractivity contribution in [1.29, 1.82) is 0 Å². The molecule has 0 aliphatic carbocycles. The number of fused-ring (bicyclic) bond motifs is 12. The molecular weight excluding hydrogens is 753 g/mol. The van der Waals surface area contributed by atoms with Gasteiger partial charge in [-0.2, -0.15) is 0 Å². The van der Waals surface area contributed by atoms with E-state index in [0.29, 0.717) is 0 Å². The predicted molar refractivity (Wildman–Crippen MR) is 249 cm³/mol. The summed E-state index contributed by atoms with van der Waals surface area (Å²) >= 11 is 1.88. The molecule has 6 heteroatoms. The number of imidazole rings is 1. The molecule has 4 nitrogen and oxygen atoms in total. The van der Waals surface area contributed by atoms with Crippen molar-refractivity contribution in [1.82, 2.24) is 18.9 Å². The van der Waals surface area contributed by atoms with Crippen LogP contribution in [0.4, 0.5) is 0 Å². The van der Waals surface area contributed by atoms with Crippen LogP contribution in [-0.4, -0.2) is 27.0 Å². The number of hydrogen-bond acceptors (Lipinski definition) is 3. The van der Waals surface area contributed by atoms with Gasteiger partial charge < -0.3 is 0 Å². The van der Waals surface area contributed by atoms with E-state index in [1.165, 1.54) is 68.7 Å². The van der Waals surface area contributed by atoms with Crippen molar-refractivity contribution in [2.45, 2.75) is 29.1 Å². The predicted octanol–water partition coefficient (Wildman–Crippen LogP) is 10.3. The summed E-state index contributed by atoms with van der Waals surface area (Å²) < 4.78 is 4.65. The van der Waals surface area contributed by atoms with Gasteiger partial charge in [0, 0.05) is 61.0 Å². The maximum atomic E-state index is 5.14. The summed E-state index contributed by atoms with van der Waals surface area (Å²) in [5.74, 6) is 0. The molecule has 0 radical (unpaired) electrons. The summed E-state index contributed by atoms with van der Waals surface area (Å²) in [6, 6.07) is 65.5. The number of nitrogens with zero attached hydrogens (tertiary/aromatic N) is 4. The Labute approximate surface area is 347 Å². The highest BCUT2D eigenvalue weighted by atomic mass is 32.2. The van der Waals surface area contributed by atoms with E-state index in [9.17, 15) is 0 Å². The molecule has 280 valence electrons. The summed E-state index contributed by atoms with van der Waals surface area (Å²) in [6.07, 6.45) is 5.94. The third kappa shape index (κ3) is 4.84. The summed E-state index contributed by atoms with van der Waals surface area (Å²) in [4.78, 5) is 12.8. The average molecular weight is 791 g/mol. The first-order chi connectivity index (χ1) is 29.0. The topological polar surface area (TPSA) is 35.1 Å². The quantitative estimate of drug-likeness (QED) is 0.0990. The van der Waals surface area contributed by atoms with Crippen molar-refractivity contribution in [3.63, 3.8) is 0 Å². The number of pyridine rings is 2. The van der Waals surface area contributed by atoms with Crippen LogP contribution in [0, 0.1) is 0 Å². The van der Waals surface area contributed by atoms with Crippen molar-refractivity contribution < 1.29 is 0 Å². The Kier molecular flexibility index (Phi) is 7.50. The maximum Gasteiger partial charge on any atom is 0.179 e. The number of aromatic nitrogens is 4. The Morgan fingerprint density at radius 3 is 2.02 bits per heavy atom. The van der Waals surface area contributed by atoms with E-state index >= 15 is 0 Å². The summed E-state index contributed by atoms with van der Waals surface area (Å²) in [5, 5.41) is 11.3. The van der Waals surface area contributed by atoms with Gasteiger partial charge in [0.05, 0.1) is 11.0 Å². The molecule has 1 aliphatic heterocycles. The van der Waals surface area contributed by atoms with Gasteiger partial charge in [0.2, 0.25) is 0 Å². The molecule has 59 heavy (non-hydrogen) atoms. The third-order valence-electron chi connectivity index (χ3n) is 12.8. The fourth-order valence-corrected chi connectivity index (χ4v) is 16.5. The van der Waals surface area contributed by atoms with E-state index < -0.39 is 8.07 Å². The second kappa shape index (κ2) is 12.9. The number of para-hydroxylation sites is 1. The molecule has 0 spiro atoms. The van der Waals surface area contributed by atoms with Crippen LogP contribution in [0.1, 0.15) is 25.0 Å². The van der Waals surface area contributed by atoms with Crippen molar-refractivity contribution in [2.24, 2.45) is 0 Å². The van der Waals surface area contributed by atoms with Gasteiger partial charge in [-0.1, -0.05) is 153 Å². The van der Waals surface area contributed by atoms with E-state index in [1.807, 2.05) is 24.2 Å². The lowest BCUT2D eigenvalue weighted by Gasteiger charge is -2.35. The van der Waals surface area contributed by atoms with Crippen LogP contribution in [0.15, 0.2) is 204 Å². The molecule has 4 aromatic heterocycles. The first kappa shape index (κ1) is 34.3. The largest absolute Gasteiger partial charge is 0.299 e. The molecule has 0 unspecified atom stereocenters. The second-order valence-electron chi connectivity index (χ2n) is 16.2. The monoisotopic (exact) mass is 790 g/mol. The van der Waals surface area contributed by atoms with E-state index in [2.05, 4.69) is 205 Å². The number of benzene rings is 7. The van der Waals surface area contributed by atoms with Gasteiger partial charge >= 0.3 is 0 Å². The molecule has 7 aromatic carbocycles. The highest BCUT2D eigenvalue weighted by molar-refractivity contribution is 7.99. The molecule has 0 amide bonds. The van der Waals surface area contributed by atoms with E-state index in [4.69, 9.17) is 9.97 Å². The number of rotatable bonds is 5. The van der Waals surface area contributed by atoms with Gasteiger partial charge in [0.15, 0.2) is 8.07 Å². The van der Waals surface area contributed by atoms with Crippen LogP contribution in [0.2, 0.25) is 0 Å². The van der Waals surface area contributed by atoms with Crippen LogP contribution in [-0.2, 0) is 5.41 Å². The number of hydrogen-bond donors (Lipinski definition) is 0. The molecule has 12 rings (SSSR count). The first-order valence-corrected chi connectivity index (χ1v) is 23.0. The van der Waals surface area contributed by atoms with Crippen molar-refractivity contribution in [3.05, 3.63) is 206 Å². The molecule has 0 atom stereocenters. The Bertz CT molecular complexity index is 3420. The van der Waals surface area contributed by atoms with E-state index in [0.717, 1.165) is 27.9 Å². The third-order valence-corrected chi connectivity index (χ3v) is 18.7. The van der Waals surface area contributed by atoms with E-state index in [-0.39, 0.29) is 5.41 Å². The van der Waals surface area contributed by atoms with Crippen molar-refractivity contribution in [3.8, 4) is 5.69 Å². The summed E-state index contributed by atoms with van der Waals surface area (Å²) in [7, 11) is -2.99. The zero-order valence-corrected chi connectivity index (χ0v) is 34.5. The zero-order chi connectivity index (χ0) is 39.3. The second-order valence-corrected chi connectivity index (χ2v) is 21.1. The lowest BCUT2D eigenvalue weighted by Crippen LogP contribution is -2.74. The minimum Gasteiger partial charge on any atom is -0.299 e. The summed E-state index contributed by atoms with van der Waals surface area (Å²) in [5.41, 5.74) is 7.93. The van der Waals surface area contributed by atoms with Gasteiger partial charge in [-0.05, 0) is 85.8 Å². The van der Waals surface area contributed by atoms with Crippen LogP contribution in [0.5, 0.6) is 0 Å². The fraction of sp³-hybridized carbons (Fsp3) is 0.0566. The van der Waals surface area contributed by atoms with Gasteiger partial charge in [0.25, 0.3) is 0 Å². The van der Waals surface area contributed by atoms with Gasteiger partial charge in [-0.3, -0.25) is 8.97 Å². The standard InChI is InChI=1S/C53H38N4SSi/c1-53(2)44-23-10-12-25-47(44)58-48-29-28-46-49(50(48)53)42-22-14-30-54-52(42)57(46)35-15-13-20-38(33-35)59(36-16-5-3-6-17-36,37-18-7-4-8-19-37)39-26-27-40-41-21-9-11-24-45(41)56-32-31-55-51(56)43(40)34-39/h3-34H,1-2H3. The Hall–Kier alpha value is -6.73. The molecule has 11 aromatic rings. The first-order valence-electron chi connectivity index (χ1n) is 20.2. The van der Waals surface area contributed by atoms with Crippen molar-refractivity contribution in [2.75, 3.05) is 0 Å². The molecule has 1 aliphatic rings. The highest BCUT2D eigenvalue weighted by Crippen LogP contribution is 2.53. The van der Waals surface area contributed by atoms with Crippen LogP contribution < -0.4 is 20.7 Å². The molecular formula is C53H38N4SSi. The molecule has 0 N–H and O–H groups in total. The molecule has 0 bridgehead atoms. The molecule has 0 fully saturated rings. The summed E-state index contributed by atoms with van der Waals surface area (Å²) in [6.45, 7) is 4.76. The lowest BCUT2D eigenvalue weighted by molar-refractivity contribution is 0.614. The van der Waals surface area contributed by atoms with Gasteiger partial charge in [-0.15, -0.1) is 0 Å². The SMILES string of the molecule is CC1(C)c2ccccc2Sc2ccc3c(c21)c1cccnc1n3-c1cccc([Si](c2ccccc2)(c2ccccc2)c2ccc3c4ccccc4n4ccnc4c3c2)c1. The smallest absolute Gasteiger partial charge is 0.179 e. The highest BCUT2D eigenvalue weighted by Gasteiger charge is 2.42. The minimum atomic E-state index is -2.99.